The minimum atomic E-state index is 0.00279. The van der Waals surface area contributed by atoms with Crippen LogP contribution in [0.5, 0.6) is 0 Å². The lowest BCUT2D eigenvalue weighted by Crippen LogP contribution is -2.44. The molecule has 1 saturated carbocycles. The molecule has 3 heterocycles. The summed E-state index contributed by atoms with van der Waals surface area (Å²) in [6, 6.07) is 2.34. The molecule has 21 heavy (non-hydrogen) atoms. The SMILES string of the molecule is O=c1cc(N2CCCC(C3CCCN3)C2)nc(C2CC2)[nH]1. The Balaban J connectivity index is 1.53. The molecule has 3 fully saturated rings. The summed E-state index contributed by atoms with van der Waals surface area (Å²) < 4.78 is 0. The van der Waals surface area contributed by atoms with E-state index < -0.39 is 0 Å². The fourth-order valence-corrected chi connectivity index (χ4v) is 3.84. The summed E-state index contributed by atoms with van der Waals surface area (Å²) in [6.45, 7) is 3.23. The van der Waals surface area contributed by atoms with Crippen LogP contribution >= 0.6 is 0 Å². The summed E-state index contributed by atoms with van der Waals surface area (Å²) in [6.07, 6.45) is 7.44. The zero-order valence-corrected chi connectivity index (χ0v) is 12.5. The van der Waals surface area contributed by atoms with E-state index in [0.717, 1.165) is 31.3 Å². The Morgan fingerprint density at radius 1 is 1.19 bits per heavy atom. The zero-order chi connectivity index (χ0) is 14.2. The van der Waals surface area contributed by atoms with Gasteiger partial charge in [-0.05, 0) is 51.0 Å². The van der Waals surface area contributed by atoms with Crippen molar-refractivity contribution in [2.75, 3.05) is 24.5 Å². The Hall–Kier alpha value is -1.36. The van der Waals surface area contributed by atoms with Gasteiger partial charge in [0.05, 0.1) is 0 Å². The van der Waals surface area contributed by atoms with Crippen molar-refractivity contribution in [1.29, 1.82) is 0 Å². The van der Waals surface area contributed by atoms with E-state index in [4.69, 9.17) is 4.98 Å². The Kier molecular flexibility index (Phi) is 3.45. The van der Waals surface area contributed by atoms with Crippen molar-refractivity contribution in [3.63, 3.8) is 0 Å². The lowest BCUT2D eigenvalue weighted by Gasteiger charge is -2.36. The Bertz CT molecular complexity index is 560. The highest BCUT2D eigenvalue weighted by Crippen LogP contribution is 2.38. The lowest BCUT2D eigenvalue weighted by molar-refractivity contribution is 0.327. The molecular formula is C16H24N4O. The third-order valence-corrected chi connectivity index (χ3v) is 5.16. The molecule has 5 heteroatoms. The van der Waals surface area contributed by atoms with E-state index in [0.29, 0.717) is 17.9 Å². The van der Waals surface area contributed by atoms with E-state index in [1.807, 2.05) is 0 Å². The van der Waals surface area contributed by atoms with Crippen molar-refractivity contribution in [1.82, 2.24) is 15.3 Å². The molecule has 0 radical (unpaired) electrons. The molecule has 114 valence electrons. The van der Waals surface area contributed by atoms with Crippen LogP contribution in [0.25, 0.3) is 0 Å². The second-order valence-electron chi connectivity index (χ2n) is 6.81. The molecule has 0 aromatic carbocycles. The molecule has 2 atom stereocenters. The number of nitrogens with one attached hydrogen (secondary N) is 2. The second kappa shape index (κ2) is 5.44. The maximum absolute atomic E-state index is 11.9. The molecule has 4 rings (SSSR count). The molecule has 3 aliphatic rings. The van der Waals surface area contributed by atoms with Crippen molar-refractivity contribution < 1.29 is 0 Å². The van der Waals surface area contributed by atoms with Crippen molar-refractivity contribution >= 4 is 5.82 Å². The third kappa shape index (κ3) is 2.84. The van der Waals surface area contributed by atoms with Crippen LogP contribution < -0.4 is 15.8 Å². The van der Waals surface area contributed by atoms with Crippen LogP contribution in [-0.2, 0) is 0 Å². The van der Waals surface area contributed by atoms with Gasteiger partial charge in [0.25, 0.3) is 5.56 Å². The average molecular weight is 288 g/mol. The zero-order valence-electron chi connectivity index (χ0n) is 12.5. The largest absolute Gasteiger partial charge is 0.356 e. The Labute approximate surface area is 125 Å². The Morgan fingerprint density at radius 2 is 2.10 bits per heavy atom. The van der Waals surface area contributed by atoms with E-state index in [1.54, 1.807) is 6.07 Å². The van der Waals surface area contributed by atoms with Gasteiger partial charge >= 0.3 is 0 Å². The molecule has 0 bridgehead atoms. The van der Waals surface area contributed by atoms with Gasteiger partial charge in [-0.25, -0.2) is 4.98 Å². The quantitative estimate of drug-likeness (QED) is 0.887. The van der Waals surface area contributed by atoms with Gasteiger partial charge in [0.2, 0.25) is 0 Å². The van der Waals surface area contributed by atoms with Crippen LogP contribution in [0.15, 0.2) is 10.9 Å². The van der Waals surface area contributed by atoms with E-state index in [2.05, 4.69) is 15.2 Å². The lowest BCUT2D eigenvalue weighted by atomic mass is 9.90. The first-order chi connectivity index (χ1) is 10.3. The van der Waals surface area contributed by atoms with Crippen molar-refractivity contribution in [2.45, 2.75) is 50.5 Å². The smallest absolute Gasteiger partial charge is 0.252 e. The first kappa shape index (κ1) is 13.3. The molecule has 2 unspecified atom stereocenters. The van der Waals surface area contributed by atoms with Crippen LogP contribution in [0.2, 0.25) is 0 Å². The predicted molar refractivity (Wildman–Crippen MR) is 82.8 cm³/mol. The standard InChI is InChI=1S/C16H24N4O/c21-15-9-14(18-16(19-15)11-5-6-11)20-8-2-3-12(10-20)13-4-1-7-17-13/h9,11-13,17H,1-8,10H2,(H,18,19,21). The topological polar surface area (TPSA) is 61.0 Å². The first-order valence-electron chi connectivity index (χ1n) is 8.39. The number of aromatic amines is 1. The summed E-state index contributed by atoms with van der Waals surface area (Å²) in [4.78, 5) is 21.9. The molecule has 2 aliphatic heterocycles. The molecule has 2 N–H and O–H groups in total. The molecular weight excluding hydrogens is 264 g/mol. The van der Waals surface area contributed by atoms with E-state index >= 15 is 0 Å². The maximum Gasteiger partial charge on any atom is 0.252 e. The van der Waals surface area contributed by atoms with Crippen molar-refractivity contribution in [2.24, 2.45) is 5.92 Å². The minimum Gasteiger partial charge on any atom is -0.356 e. The highest BCUT2D eigenvalue weighted by molar-refractivity contribution is 5.39. The van der Waals surface area contributed by atoms with Crippen molar-refractivity contribution in [3.05, 3.63) is 22.2 Å². The van der Waals surface area contributed by atoms with Crippen LogP contribution in [0, 0.1) is 5.92 Å². The molecule has 1 aromatic rings. The van der Waals surface area contributed by atoms with Crippen molar-refractivity contribution in [3.8, 4) is 0 Å². The maximum atomic E-state index is 11.9. The second-order valence-corrected chi connectivity index (χ2v) is 6.81. The van der Waals surface area contributed by atoms with Gasteiger partial charge in [0, 0.05) is 31.1 Å². The van der Waals surface area contributed by atoms with Gasteiger partial charge in [-0.2, -0.15) is 0 Å². The number of aromatic nitrogens is 2. The monoisotopic (exact) mass is 288 g/mol. The highest BCUT2D eigenvalue weighted by Gasteiger charge is 2.31. The number of anilines is 1. The van der Waals surface area contributed by atoms with Gasteiger partial charge in [0.1, 0.15) is 11.6 Å². The van der Waals surface area contributed by atoms with Crippen LogP contribution in [0.4, 0.5) is 5.82 Å². The van der Waals surface area contributed by atoms with E-state index in [9.17, 15) is 4.79 Å². The average Bonchev–Trinajstić information content (AvgIpc) is 3.22. The molecule has 2 saturated heterocycles. The van der Waals surface area contributed by atoms with E-state index in [1.165, 1.54) is 38.5 Å². The fourth-order valence-electron chi connectivity index (χ4n) is 3.84. The summed E-state index contributed by atoms with van der Waals surface area (Å²) in [5.74, 6) is 2.99. The van der Waals surface area contributed by atoms with Gasteiger partial charge in [-0.15, -0.1) is 0 Å². The Morgan fingerprint density at radius 3 is 2.86 bits per heavy atom. The molecule has 0 spiro atoms. The summed E-state index contributed by atoms with van der Waals surface area (Å²) in [5, 5.41) is 3.63. The van der Waals surface area contributed by atoms with Gasteiger partial charge in [-0.1, -0.05) is 0 Å². The van der Waals surface area contributed by atoms with Gasteiger partial charge in [-0.3, -0.25) is 4.79 Å². The molecule has 1 aliphatic carbocycles. The summed E-state index contributed by atoms with van der Waals surface area (Å²) in [5.41, 5.74) is 0.00279. The number of hydrogen-bond acceptors (Lipinski definition) is 4. The summed E-state index contributed by atoms with van der Waals surface area (Å²) >= 11 is 0. The molecule has 5 nitrogen and oxygen atoms in total. The normalized spacial score (nSPS) is 29.8. The van der Waals surface area contributed by atoms with Gasteiger partial charge in [0.15, 0.2) is 0 Å². The fraction of sp³-hybridized carbons (Fsp3) is 0.750. The first-order valence-corrected chi connectivity index (χ1v) is 8.39. The summed E-state index contributed by atoms with van der Waals surface area (Å²) in [7, 11) is 0. The molecule has 1 aromatic heterocycles. The number of rotatable bonds is 3. The minimum absolute atomic E-state index is 0.00279. The number of nitrogens with zero attached hydrogens (tertiary/aromatic N) is 2. The predicted octanol–water partition coefficient (Wildman–Crippen LogP) is 1.62. The van der Waals surface area contributed by atoms with Gasteiger partial charge < -0.3 is 15.2 Å². The number of H-pyrrole nitrogens is 1. The van der Waals surface area contributed by atoms with Crippen LogP contribution in [0.3, 0.4) is 0 Å². The number of hydrogen-bond donors (Lipinski definition) is 2. The van der Waals surface area contributed by atoms with E-state index in [-0.39, 0.29) is 5.56 Å². The molecule has 0 amide bonds. The number of piperidine rings is 1. The van der Waals surface area contributed by atoms with Crippen LogP contribution in [-0.4, -0.2) is 35.6 Å². The third-order valence-electron chi connectivity index (χ3n) is 5.16. The van der Waals surface area contributed by atoms with Crippen LogP contribution in [0.1, 0.15) is 50.3 Å². The highest BCUT2D eigenvalue weighted by atomic mass is 16.1.